The van der Waals surface area contributed by atoms with Gasteiger partial charge in [-0.25, -0.2) is 0 Å². The first-order valence-electron chi connectivity index (χ1n) is 9.65. The Kier molecular flexibility index (Phi) is 6.83. The van der Waals surface area contributed by atoms with Crippen LogP contribution in [0.15, 0.2) is 69.8 Å². The van der Waals surface area contributed by atoms with E-state index in [0.717, 1.165) is 36.4 Å². The summed E-state index contributed by atoms with van der Waals surface area (Å²) in [5, 5.41) is 4.84. The van der Waals surface area contributed by atoms with Crippen LogP contribution in [-0.4, -0.2) is 11.6 Å². The molecule has 1 aliphatic heterocycles. The second-order valence-electron chi connectivity index (χ2n) is 7.21. The van der Waals surface area contributed by atoms with E-state index in [1.807, 2.05) is 38.4 Å². The van der Waals surface area contributed by atoms with Gasteiger partial charge in [0.1, 0.15) is 14.2 Å². The Morgan fingerprint density at radius 2 is 1.91 bits per heavy atom. The molecule has 32 heavy (non-hydrogen) atoms. The zero-order valence-corrected chi connectivity index (χ0v) is 21.2. The lowest BCUT2D eigenvalue weighted by molar-refractivity contribution is -0.685. The number of anilines is 1. The number of rotatable bonds is 3. The molecule has 9 heteroatoms. The summed E-state index contributed by atoms with van der Waals surface area (Å²) >= 11 is 11.0. The van der Waals surface area contributed by atoms with Gasteiger partial charge in [-0.05, 0) is 18.2 Å². The van der Waals surface area contributed by atoms with Gasteiger partial charge in [0, 0.05) is 29.6 Å². The van der Waals surface area contributed by atoms with E-state index in [1.54, 1.807) is 27.7 Å². The lowest BCUT2D eigenvalue weighted by Gasteiger charge is -2.12. The van der Waals surface area contributed by atoms with Crippen LogP contribution in [0.3, 0.4) is 0 Å². The molecule has 3 heterocycles. The van der Waals surface area contributed by atoms with Crippen molar-refractivity contribution in [3.63, 3.8) is 0 Å². The van der Waals surface area contributed by atoms with Crippen LogP contribution in [0.1, 0.15) is 10.6 Å². The second-order valence-corrected chi connectivity index (χ2v) is 10.6. The third-order valence-electron chi connectivity index (χ3n) is 5.18. The van der Waals surface area contributed by atoms with Gasteiger partial charge < -0.3 is 21.9 Å². The first kappa shape index (κ1) is 23.1. The Labute approximate surface area is 209 Å². The Hall–Kier alpha value is -2.03. The number of fused-ring (bicyclic) bond motifs is 1. The number of thiazole rings is 2. The van der Waals surface area contributed by atoms with E-state index in [0.29, 0.717) is 5.02 Å². The molecule has 0 N–H and O–H groups in total. The van der Waals surface area contributed by atoms with E-state index in [4.69, 9.17) is 11.6 Å². The van der Waals surface area contributed by atoms with Crippen molar-refractivity contribution in [1.29, 1.82) is 0 Å². The maximum absolute atomic E-state index is 13.1. The molecule has 1 aliphatic rings. The predicted octanol–water partition coefficient (Wildman–Crippen LogP) is 0.638. The van der Waals surface area contributed by atoms with Crippen molar-refractivity contribution in [2.24, 2.45) is 7.05 Å². The normalized spacial score (nSPS) is 15.1. The smallest absolute Gasteiger partial charge is 0.271 e. The molecule has 0 atom stereocenters. The van der Waals surface area contributed by atoms with Gasteiger partial charge in [0.15, 0.2) is 12.7 Å². The lowest BCUT2D eigenvalue weighted by atomic mass is 10.2. The number of aromatic nitrogens is 2. The van der Waals surface area contributed by atoms with Gasteiger partial charge >= 0.3 is 0 Å². The van der Waals surface area contributed by atoms with Crippen LogP contribution in [0.25, 0.3) is 11.1 Å². The summed E-state index contributed by atoms with van der Waals surface area (Å²) < 4.78 is 5.63. The van der Waals surface area contributed by atoms with Gasteiger partial charge in [0.05, 0.1) is 17.1 Å². The summed E-state index contributed by atoms with van der Waals surface area (Å²) in [5.74, 6) is 0. The summed E-state index contributed by atoms with van der Waals surface area (Å²) in [6.45, 7) is 0.800. The number of nitrogens with zero attached hydrogens (tertiary/aromatic N) is 3. The Balaban J connectivity index is 0.00000245. The molecule has 0 aliphatic carbocycles. The van der Waals surface area contributed by atoms with Crippen LogP contribution < -0.4 is 36.6 Å². The molecule has 0 spiro atoms. The predicted molar refractivity (Wildman–Crippen MR) is 132 cm³/mol. The maximum Gasteiger partial charge on any atom is 0.271 e. The van der Waals surface area contributed by atoms with Crippen molar-refractivity contribution < 1.29 is 17.0 Å². The fourth-order valence-corrected chi connectivity index (χ4v) is 7.02. The molecule has 0 radical (unpaired) electrons. The summed E-state index contributed by atoms with van der Waals surface area (Å²) in [6.07, 6.45) is 4.19. The Morgan fingerprint density at radius 1 is 1.12 bits per heavy atom. The number of hydrogen-bond donors (Lipinski definition) is 0. The average Bonchev–Trinajstić information content (AvgIpc) is 3.41. The molecule has 5 rings (SSSR count). The lowest BCUT2D eigenvalue weighted by Crippen LogP contribution is -3.00. The van der Waals surface area contributed by atoms with Gasteiger partial charge in [0.25, 0.3) is 10.6 Å². The van der Waals surface area contributed by atoms with Crippen LogP contribution in [0.5, 0.6) is 0 Å². The minimum Gasteiger partial charge on any atom is -1.00 e. The quantitative estimate of drug-likeness (QED) is 0.372. The largest absolute Gasteiger partial charge is 1.00 e. The van der Waals surface area contributed by atoms with Crippen LogP contribution >= 0.6 is 46.0 Å². The standard InChI is InChI=1S/C23H19ClN3OS3.ClH/c1-25-17-9-8-16(24)12-18(17)30-23(25)21-22(28)26(2)19(31-21)13-20-27(10-11-29-20)14-15-6-4-3-5-7-15;/h3-13H,14H2,1-2H3;1H/q+1;/p-1/b23-21+;. The number of thioether (sulfide) groups is 1. The number of benzene rings is 2. The molecule has 0 unspecified atom stereocenters. The molecular weight excluding hydrogens is 501 g/mol. The van der Waals surface area contributed by atoms with Gasteiger partial charge in [-0.1, -0.05) is 65.0 Å². The minimum absolute atomic E-state index is 0. The average molecular weight is 521 g/mol. The van der Waals surface area contributed by atoms with Crippen molar-refractivity contribution in [3.8, 4) is 0 Å². The van der Waals surface area contributed by atoms with E-state index in [1.165, 1.54) is 16.9 Å². The highest BCUT2D eigenvalue weighted by Crippen LogP contribution is 2.46. The van der Waals surface area contributed by atoms with E-state index in [9.17, 15) is 4.79 Å². The third-order valence-corrected chi connectivity index (χ3v) is 8.79. The van der Waals surface area contributed by atoms with E-state index >= 15 is 0 Å². The van der Waals surface area contributed by atoms with E-state index in [-0.39, 0.29) is 18.0 Å². The van der Waals surface area contributed by atoms with Gasteiger partial charge in [-0.3, -0.25) is 4.79 Å². The molecular formula is C23H19Cl2N3OS3. The fraction of sp³-hybridized carbons (Fsp3) is 0.130. The molecule has 0 saturated heterocycles. The Bertz CT molecular complexity index is 1460. The van der Waals surface area contributed by atoms with Gasteiger partial charge in [-0.15, -0.1) is 11.3 Å². The van der Waals surface area contributed by atoms with Gasteiger partial charge in [-0.2, -0.15) is 4.57 Å². The summed E-state index contributed by atoms with van der Waals surface area (Å²) in [7, 11) is 3.84. The molecule has 4 aromatic rings. The molecule has 0 bridgehead atoms. The summed E-state index contributed by atoms with van der Waals surface area (Å²) in [5.41, 5.74) is 2.34. The first-order chi connectivity index (χ1) is 15.0. The fourth-order valence-electron chi connectivity index (χ4n) is 3.51. The summed E-state index contributed by atoms with van der Waals surface area (Å²) in [4.78, 5) is 16.3. The van der Waals surface area contributed by atoms with Gasteiger partial charge in [0.2, 0.25) is 0 Å². The number of halogens is 2. The van der Waals surface area contributed by atoms with E-state index < -0.39 is 0 Å². The zero-order chi connectivity index (χ0) is 21.5. The number of hydrogen-bond acceptors (Lipinski definition) is 5. The van der Waals surface area contributed by atoms with Crippen LogP contribution in [0.2, 0.25) is 5.02 Å². The maximum atomic E-state index is 13.1. The first-order valence-corrected chi connectivity index (χ1v) is 12.5. The highest BCUT2D eigenvalue weighted by atomic mass is 35.5. The molecule has 0 saturated carbocycles. The molecule has 2 aromatic heterocycles. The molecule has 2 aromatic carbocycles. The molecule has 4 nitrogen and oxygen atoms in total. The second kappa shape index (κ2) is 9.45. The van der Waals surface area contributed by atoms with E-state index in [2.05, 4.69) is 51.4 Å². The van der Waals surface area contributed by atoms with Crippen LogP contribution in [-0.2, 0) is 13.6 Å². The van der Waals surface area contributed by atoms with Crippen molar-refractivity contribution in [2.75, 3.05) is 11.9 Å². The summed E-state index contributed by atoms with van der Waals surface area (Å²) in [6, 6.07) is 16.2. The van der Waals surface area contributed by atoms with Crippen LogP contribution in [0.4, 0.5) is 5.69 Å². The highest BCUT2D eigenvalue weighted by molar-refractivity contribution is 8.08. The minimum atomic E-state index is 0. The monoisotopic (exact) mass is 519 g/mol. The Morgan fingerprint density at radius 3 is 2.69 bits per heavy atom. The highest BCUT2D eigenvalue weighted by Gasteiger charge is 2.25. The van der Waals surface area contributed by atoms with Crippen molar-refractivity contribution in [2.45, 2.75) is 11.4 Å². The van der Waals surface area contributed by atoms with Crippen molar-refractivity contribution >= 4 is 62.8 Å². The third kappa shape index (κ3) is 4.28. The zero-order valence-electron chi connectivity index (χ0n) is 17.3. The van der Waals surface area contributed by atoms with Crippen molar-refractivity contribution in [3.05, 3.63) is 95.3 Å². The van der Waals surface area contributed by atoms with Crippen LogP contribution in [0, 0.1) is 0 Å². The van der Waals surface area contributed by atoms with Crippen molar-refractivity contribution in [1.82, 2.24) is 4.57 Å². The molecule has 0 fully saturated rings. The molecule has 0 amide bonds. The topological polar surface area (TPSA) is 29.1 Å². The molecule has 164 valence electrons. The SMILES string of the molecule is CN1/C(=c2\s/c(=C\c3scc[n+]3Cc3ccccc3)n(C)c2=O)Sc2cc(Cl)ccc21.[Cl-].